The summed E-state index contributed by atoms with van der Waals surface area (Å²) in [7, 11) is 0. The van der Waals surface area contributed by atoms with Crippen LogP contribution in [0.1, 0.15) is 28.0 Å². The van der Waals surface area contributed by atoms with Crippen molar-refractivity contribution < 1.29 is 23.8 Å². The summed E-state index contributed by atoms with van der Waals surface area (Å²) >= 11 is 0. The van der Waals surface area contributed by atoms with Crippen LogP contribution in [0, 0.1) is 0 Å². The number of carbonyl (C=O) groups excluding carboxylic acids is 2. The second-order valence-corrected chi connectivity index (χ2v) is 6.97. The number of primary amides is 1. The maximum absolute atomic E-state index is 12.3. The fourth-order valence-corrected chi connectivity index (χ4v) is 3.11. The lowest BCUT2D eigenvalue weighted by molar-refractivity contribution is -0.116. The number of aryl methyl sites for hydroxylation is 1. The molecule has 8 nitrogen and oxygen atoms in total. The smallest absolute Gasteiger partial charge is 0.267 e. The molecule has 0 spiro atoms. The van der Waals surface area contributed by atoms with Crippen LogP contribution in [-0.2, 0) is 17.8 Å². The Balaban J connectivity index is 1.29. The summed E-state index contributed by atoms with van der Waals surface area (Å²) in [6.45, 7) is 0.468. The van der Waals surface area contributed by atoms with E-state index < -0.39 is 5.91 Å². The summed E-state index contributed by atoms with van der Waals surface area (Å²) < 4.78 is 16.4. The normalized spacial score (nSPS) is 11.7. The summed E-state index contributed by atoms with van der Waals surface area (Å²) in [5.74, 6) is 1.29. The lowest BCUT2D eigenvalue weighted by atomic mass is 10.1. The van der Waals surface area contributed by atoms with Crippen molar-refractivity contribution in [3.63, 3.8) is 0 Å². The van der Waals surface area contributed by atoms with Gasteiger partial charge in [-0.1, -0.05) is 12.1 Å². The predicted molar refractivity (Wildman–Crippen MR) is 113 cm³/mol. The number of nitrogens with zero attached hydrogens (tertiary/aromatic N) is 1. The fourth-order valence-electron chi connectivity index (χ4n) is 3.11. The minimum absolute atomic E-state index is 0.0963. The highest BCUT2D eigenvalue weighted by molar-refractivity contribution is 5.91. The highest BCUT2D eigenvalue weighted by Gasteiger charge is 2.14. The number of pyridine rings is 1. The molecule has 0 aliphatic carbocycles. The van der Waals surface area contributed by atoms with Crippen molar-refractivity contribution in [2.24, 2.45) is 5.73 Å². The van der Waals surface area contributed by atoms with Gasteiger partial charge in [0.1, 0.15) is 18.1 Å². The lowest BCUT2D eigenvalue weighted by Gasteiger charge is -2.09. The molecule has 8 heteroatoms. The Hall–Kier alpha value is -4.07. The third-order valence-corrected chi connectivity index (χ3v) is 4.68. The number of ether oxygens (including phenoxy) is 3. The van der Waals surface area contributed by atoms with Crippen molar-refractivity contribution in [1.82, 2.24) is 4.98 Å². The Bertz CT molecular complexity index is 1120. The third kappa shape index (κ3) is 5.30. The molecule has 158 valence electrons. The zero-order chi connectivity index (χ0) is 21.6. The van der Waals surface area contributed by atoms with Gasteiger partial charge in [-0.15, -0.1) is 0 Å². The van der Waals surface area contributed by atoms with E-state index in [1.165, 1.54) is 6.20 Å². The van der Waals surface area contributed by atoms with Crippen LogP contribution in [0.25, 0.3) is 0 Å². The Morgan fingerprint density at radius 3 is 2.77 bits per heavy atom. The quantitative estimate of drug-likeness (QED) is 0.580. The average molecular weight is 419 g/mol. The first kappa shape index (κ1) is 20.2. The highest BCUT2D eigenvalue weighted by Crippen LogP contribution is 2.34. The number of nitrogens with one attached hydrogen (secondary N) is 1. The van der Waals surface area contributed by atoms with Crippen LogP contribution in [0.3, 0.4) is 0 Å². The molecule has 0 bridgehead atoms. The molecule has 0 atom stereocenters. The second kappa shape index (κ2) is 9.17. The summed E-state index contributed by atoms with van der Waals surface area (Å²) in [5, 5.41) is 2.87. The molecule has 31 heavy (non-hydrogen) atoms. The van der Waals surface area contributed by atoms with Gasteiger partial charge in [0.15, 0.2) is 11.5 Å². The SMILES string of the molecule is NC(=O)c1cc(COc2cccc(CCC(=O)Nc3ccc4c(c3)OCO4)c2)ccn1. The van der Waals surface area contributed by atoms with Crippen molar-refractivity contribution >= 4 is 17.5 Å². The number of rotatable bonds is 8. The first-order valence-corrected chi connectivity index (χ1v) is 9.73. The van der Waals surface area contributed by atoms with Crippen LogP contribution in [0.5, 0.6) is 17.2 Å². The van der Waals surface area contributed by atoms with Gasteiger partial charge in [-0.25, -0.2) is 0 Å². The monoisotopic (exact) mass is 419 g/mol. The largest absolute Gasteiger partial charge is 0.489 e. The van der Waals surface area contributed by atoms with Crippen molar-refractivity contribution in [2.75, 3.05) is 12.1 Å². The molecule has 2 heterocycles. The Morgan fingerprint density at radius 1 is 1.03 bits per heavy atom. The lowest BCUT2D eigenvalue weighted by Crippen LogP contribution is -2.13. The number of aromatic nitrogens is 1. The van der Waals surface area contributed by atoms with E-state index in [2.05, 4.69) is 10.3 Å². The van der Waals surface area contributed by atoms with Crippen LogP contribution < -0.4 is 25.3 Å². The first-order chi connectivity index (χ1) is 15.1. The van der Waals surface area contributed by atoms with Crippen molar-refractivity contribution in [3.05, 3.63) is 77.6 Å². The zero-order valence-electron chi connectivity index (χ0n) is 16.7. The van der Waals surface area contributed by atoms with Gasteiger partial charge in [0.25, 0.3) is 5.91 Å². The number of amides is 2. The van der Waals surface area contributed by atoms with E-state index in [-0.39, 0.29) is 25.0 Å². The minimum Gasteiger partial charge on any atom is -0.489 e. The molecule has 4 rings (SSSR count). The number of carbonyl (C=O) groups is 2. The number of hydrogen-bond donors (Lipinski definition) is 2. The second-order valence-electron chi connectivity index (χ2n) is 6.97. The molecule has 2 aromatic carbocycles. The number of fused-ring (bicyclic) bond motifs is 1. The summed E-state index contributed by atoms with van der Waals surface area (Å²) in [5.41, 5.74) is 7.88. The van der Waals surface area contributed by atoms with Gasteiger partial charge in [-0.05, 0) is 53.9 Å². The first-order valence-electron chi connectivity index (χ1n) is 9.73. The Morgan fingerprint density at radius 2 is 1.90 bits per heavy atom. The molecule has 0 radical (unpaired) electrons. The van der Waals surface area contributed by atoms with Crippen molar-refractivity contribution in [2.45, 2.75) is 19.4 Å². The van der Waals surface area contributed by atoms with Gasteiger partial charge in [0.05, 0.1) is 0 Å². The molecule has 1 aliphatic rings. The van der Waals surface area contributed by atoms with Crippen molar-refractivity contribution in [1.29, 1.82) is 0 Å². The molecular weight excluding hydrogens is 398 g/mol. The molecule has 2 amide bonds. The number of anilines is 1. The highest BCUT2D eigenvalue weighted by atomic mass is 16.7. The minimum atomic E-state index is -0.581. The van der Waals surface area contributed by atoms with E-state index in [4.69, 9.17) is 19.9 Å². The van der Waals surface area contributed by atoms with Gasteiger partial charge in [0.2, 0.25) is 12.7 Å². The van der Waals surface area contributed by atoms with Crippen molar-refractivity contribution in [3.8, 4) is 17.2 Å². The molecule has 1 aromatic heterocycles. The van der Waals surface area contributed by atoms with Gasteiger partial charge >= 0.3 is 0 Å². The van der Waals surface area contributed by atoms with Crippen LogP contribution in [-0.4, -0.2) is 23.6 Å². The molecule has 0 fully saturated rings. The van der Waals surface area contributed by atoms with Gasteiger partial charge in [0, 0.05) is 24.4 Å². The van der Waals surface area contributed by atoms with E-state index in [0.29, 0.717) is 35.8 Å². The molecule has 0 unspecified atom stereocenters. The van der Waals surface area contributed by atoms with Gasteiger partial charge < -0.3 is 25.3 Å². The Kier molecular flexibility index (Phi) is 5.98. The molecular formula is C23H21N3O5. The molecule has 3 N–H and O–H groups in total. The Labute approximate surface area is 179 Å². The number of hydrogen-bond acceptors (Lipinski definition) is 6. The number of benzene rings is 2. The van der Waals surface area contributed by atoms with Gasteiger partial charge in [-0.3, -0.25) is 14.6 Å². The maximum Gasteiger partial charge on any atom is 0.267 e. The fraction of sp³-hybridized carbons (Fsp3) is 0.174. The van der Waals surface area contributed by atoms with E-state index in [9.17, 15) is 9.59 Å². The van der Waals surface area contributed by atoms with Crippen LogP contribution in [0.2, 0.25) is 0 Å². The van der Waals surface area contributed by atoms with Crippen LogP contribution >= 0.6 is 0 Å². The summed E-state index contributed by atoms with van der Waals surface area (Å²) in [6, 6.07) is 16.2. The van der Waals surface area contributed by atoms with Crippen LogP contribution in [0.4, 0.5) is 5.69 Å². The maximum atomic E-state index is 12.3. The molecule has 1 aliphatic heterocycles. The molecule has 3 aromatic rings. The standard InChI is InChI=1S/C23H21N3O5/c24-23(28)19-11-16(8-9-25-19)13-29-18-3-1-2-15(10-18)4-7-22(27)26-17-5-6-20-21(12-17)31-14-30-20/h1-3,5-6,8-12H,4,7,13-14H2,(H2,24,28)(H,26,27). The number of nitrogens with two attached hydrogens (primary N) is 1. The zero-order valence-corrected chi connectivity index (χ0v) is 16.7. The third-order valence-electron chi connectivity index (χ3n) is 4.68. The average Bonchev–Trinajstić information content (AvgIpc) is 3.25. The van der Waals surface area contributed by atoms with E-state index in [1.54, 1.807) is 30.3 Å². The van der Waals surface area contributed by atoms with Crippen LogP contribution in [0.15, 0.2) is 60.8 Å². The van der Waals surface area contributed by atoms with Gasteiger partial charge in [-0.2, -0.15) is 0 Å². The molecule has 0 saturated carbocycles. The predicted octanol–water partition coefficient (Wildman–Crippen LogP) is 3.06. The topological polar surface area (TPSA) is 113 Å². The summed E-state index contributed by atoms with van der Waals surface area (Å²) in [6.07, 6.45) is 2.41. The van der Waals surface area contributed by atoms with E-state index in [0.717, 1.165) is 11.1 Å². The molecule has 0 saturated heterocycles. The van der Waals surface area contributed by atoms with E-state index in [1.807, 2.05) is 24.3 Å². The summed E-state index contributed by atoms with van der Waals surface area (Å²) in [4.78, 5) is 27.5. The van der Waals surface area contributed by atoms with E-state index >= 15 is 0 Å².